The van der Waals surface area contributed by atoms with E-state index in [0.29, 0.717) is 21.0 Å². The molecule has 3 rings (SSSR count). The van der Waals surface area contributed by atoms with Crippen molar-refractivity contribution < 1.29 is 28.5 Å². The van der Waals surface area contributed by atoms with Crippen LogP contribution in [0.3, 0.4) is 0 Å². The molecular weight excluding hydrogens is 388 g/mol. The van der Waals surface area contributed by atoms with Crippen LogP contribution in [0.4, 0.5) is 0 Å². The number of esters is 2. The Balaban J connectivity index is 1.97. The van der Waals surface area contributed by atoms with E-state index in [9.17, 15) is 14.8 Å². The standard InChI is InChI=1S/C19H15ClN2O6/c1-26-13-7-8-14-16(9-13)22(25)17(19(24)27-2)15(21-14)10-28-18(23)11-3-5-12(20)6-4-11/h3-9H,10H2,1-2H3. The largest absolute Gasteiger partial charge is 0.618 e. The van der Waals surface area contributed by atoms with E-state index in [1.807, 2.05) is 0 Å². The molecule has 144 valence electrons. The Morgan fingerprint density at radius 2 is 1.82 bits per heavy atom. The third-order valence-electron chi connectivity index (χ3n) is 3.93. The topological polar surface area (TPSA) is 102 Å². The van der Waals surface area contributed by atoms with Gasteiger partial charge in [0.15, 0.2) is 5.69 Å². The van der Waals surface area contributed by atoms with Crippen molar-refractivity contribution in [1.82, 2.24) is 4.98 Å². The van der Waals surface area contributed by atoms with E-state index in [2.05, 4.69) is 9.72 Å². The van der Waals surface area contributed by atoms with Gasteiger partial charge in [-0.3, -0.25) is 0 Å². The second-order valence-corrected chi connectivity index (χ2v) is 6.07. The third kappa shape index (κ3) is 3.81. The highest BCUT2D eigenvalue weighted by Crippen LogP contribution is 2.19. The average molecular weight is 403 g/mol. The van der Waals surface area contributed by atoms with Gasteiger partial charge in [-0.2, -0.15) is 4.73 Å². The zero-order chi connectivity index (χ0) is 20.3. The number of nitrogens with zero attached hydrogens (tertiary/aromatic N) is 2. The number of carbonyl (C=O) groups excluding carboxylic acids is 2. The molecular formula is C19H15ClN2O6. The molecule has 8 nitrogen and oxygen atoms in total. The Morgan fingerprint density at radius 3 is 2.46 bits per heavy atom. The van der Waals surface area contributed by atoms with Crippen molar-refractivity contribution in [2.75, 3.05) is 14.2 Å². The van der Waals surface area contributed by atoms with Crippen LogP contribution in [-0.2, 0) is 16.1 Å². The quantitative estimate of drug-likeness (QED) is 0.367. The molecule has 2 aromatic carbocycles. The first-order chi connectivity index (χ1) is 13.4. The normalized spacial score (nSPS) is 10.5. The summed E-state index contributed by atoms with van der Waals surface area (Å²) in [7, 11) is 2.59. The van der Waals surface area contributed by atoms with Crippen molar-refractivity contribution in [3.63, 3.8) is 0 Å². The van der Waals surface area contributed by atoms with E-state index < -0.39 is 18.5 Å². The third-order valence-corrected chi connectivity index (χ3v) is 4.18. The Labute approximate surface area is 164 Å². The van der Waals surface area contributed by atoms with Crippen LogP contribution >= 0.6 is 11.6 Å². The smallest absolute Gasteiger partial charge is 0.406 e. The van der Waals surface area contributed by atoms with Gasteiger partial charge in [0.05, 0.1) is 25.8 Å². The molecule has 3 aromatic rings. The summed E-state index contributed by atoms with van der Waals surface area (Å²) in [6.45, 7) is -0.393. The van der Waals surface area contributed by atoms with E-state index in [4.69, 9.17) is 21.1 Å². The summed E-state index contributed by atoms with van der Waals surface area (Å²) in [5.74, 6) is -1.12. The molecule has 0 saturated carbocycles. The van der Waals surface area contributed by atoms with E-state index in [0.717, 1.165) is 7.11 Å². The van der Waals surface area contributed by atoms with Crippen molar-refractivity contribution >= 4 is 34.6 Å². The number of aromatic nitrogens is 2. The fraction of sp³-hybridized carbons (Fsp3) is 0.158. The number of rotatable bonds is 5. The predicted octanol–water partition coefficient (Wildman–Crippen LogP) is 2.67. The molecule has 0 amide bonds. The fourth-order valence-electron chi connectivity index (χ4n) is 2.52. The van der Waals surface area contributed by atoms with Crippen molar-refractivity contribution in [1.29, 1.82) is 0 Å². The second-order valence-electron chi connectivity index (χ2n) is 5.63. The van der Waals surface area contributed by atoms with Gasteiger partial charge in [0, 0.05) is 5.02 Å². The lowest BCUT2D eigenvalue weighted by atomic mass is 10.2. The lowest BCUT2D eigenvalue weighted by molar-refractivity contribution is -0.581. The lowest BCUT2D eigenvalue weighted by Gasteiger charge is -2.11. The molecule has 9 heteroatoms. The van der Waals surface area contributed by atoms with Gasteiger partial charge in [-0.15, -0.1) is 0 Å². The SMILES string of the molecule is COC(=O)c1c(COC(=O)c2ccc(Cl)cc2)nc2ccc(OC)cc2[n+]1[O-]. The molecule has 0 unspecified atom stereocenters. The van der Waals surface area contributed by atoms with Crippen molar-refractivity contribution in [2.45, 2.75) is 6.61 Å². The average Bonchev–Trinajstić information content (AvgIpc) is 2.71. The van der Waals surface area contributed by atoms with Gasteiger partial charge in [0.25, 0.3) is 0 Å². The van der Waals surface area contributed by atoms with Crippen LogP contribution in [0.25, 0.3) is 11.0 Å². The molecule has 0 aliphatic rings. The zero-order valence-electron chi connectivity index (χ0n) is 15.0. The highest BCUT2D eigenvalue weighted by Gasteiger charge is 2.28. The van der Waals surface area contributed by atoms with Crippen LogP contribution in [0.2, 0.25) is 5.02 Å². The number of hydrogen-bond acceptors (Lipinski definition) is 7. The Kier molecular flexibility index (Phi) is 5.60. The van der Waals surface area contributed by atoms with E-state index in [1.54, 1.807) is 24.3 Å². The summed E-state index contributed by atoms with van der Waals surface area (Å²) in [6.07, 6.45) is 0. The van der Waals surface area contributed by atoms with Gasteiger partial charge in [-0.05, 0) is 36.4 Å². The molecule has 0 aliphatic carbocycles. The fourth-order valence-corrected chi connectivity index (χ4v) is 2.65. The maximum absolute atomic E-state index is 12.7. The zero-order valence-corrected chi connectivity index (χ0v) is 15.7. The van der Waals surface area contributed by atoms with E-state index in [-0.39, 0.29) is 22.5 Å². The monoisotopic (exact) mass is 402 g/mol. The Bertz CT molecular complexity index is 1050. The molecule has 0 aliphatic heterocycles. The van der Waals surface area contributed by atoms with E-state index in [1.165, 1.54) is 25.3 Å². The molecule has 1 aromatic heterocycles. The number of carbonyl (C=O) groups is 2. The molecule has 0 atom stereocenters. The summed E-state index contributed by atoms with van der Waals surface area (Å²) >= 11 is 5.80. The minimum absolute atomic E-state index is 0.0261. The minimum atomic E-state index is -0.898. The van der Waals surface area contributed by atoms with Gasteiger partial charge in [0.1, 0.15) is 17.9 Å². The van der Waals surface area contributed by atoms with Gasteiger partial charge < -0.3 is 19.4 Å². The molecule has 28 heavy (non-hydrogen) atoms. The summed E-state index contributed by atoms with van der Waals surface area (Å²) in [5.41, 5.74) is 0.298. The van der Waals surface area contributed by atoms with Crippen LogP contribution in [0, 0.1) is 5.21 Å². The van der Waals surface area contributed by atoms with Crippen LogP contribution < -0.4 is 9.47 Å². The van der Waals surface area contributed by atoms with E-state index >= 15 is 0 Å². The van der Waals surface area contributed by atoms with Gasteiger partial charge in [0.2, 0.25) is 5.52 Å². The predicted molar refractivity (Wildman–Crippen MR) is 99.2 cm³/mol. The maximum Gasteiger partial charge on any atom is 0.406 e. The van der Waals surface area contributed by atoms with Gasteiger partial charge in [-0.25, -0.2) is 14.6 Å². The molecule has 0 saturated heterocycles. The maximum atomic E-state index is 12.7. The summed E-state index contributed by atoms with van der Waals surface area (Å²) in [4.78, 5) is 28.6. The van der Waals surface area contributed by atoms with Crippen molar-refractivity contribution in [3.05, 3.63) is 69.6 Å². The molecule has 0 radical (unpaired) electrons. The second kappa shape index (κ2) is 8.10. The number of halogens is 1. The Hall–Kier alpha value is -3.39. The Morgan fingerprint density at radius 1 is 1.11 bits per heavy atom. The molecule has 0 N–H and O–H groups in total. The number of ether oxygens (including phenoxy) is 3. The lowest BCUT2D eigenvalue weighted by Crippen LogP contribution is -2.38. The molecule has 0 bridgehead atoms. The molecule has 0 spiro atoms. The number of methoxy groups -OCH3 is 2. The molecule has 0 fully saturated rings. The molecule has 1 heterocycles. The summed E-state index contributed by atoms with van der Waals surface area (Å²) in [5, 5.41) is 13.2. The van der Waals surface area contributed by atoms with Crippen LogP contribution in [0.1, 0.15) is 26.5 Å². The first-order valence-corrected chi connectivity index (χ1v) is 8.43. The first-order valence-electron chi connectivity index (χ1n) is 8.05. The minimum Gasteiger partial charge on any atom is -0.618 e. The number of hydrogen-bond donors (Lipinski definition) is 0. The number of benzene rings is 2. The summed E-state index contributed by atoms with van der Waals surface area (Å²) in [6, 6.07) is 10.7. The number of fused-ring (bicyclic) bond motifs is 1. The highest BCUT2D eigenvalue weighted by atomic mass is 35.5. The van der Waals surface area contributed by atoms with Crippen LogP contribution in [0.5, 0.6) is 5.75 Å². The van der Waals surface area contributed by atoms with Crippen molar-refractivity contribution in [3.8, 4) is 5.75 Å². The van der Waals surface area contributed by atoms with Crippen molar-refractivity contribution in [2.24, 2.45) is 0 Å². The van der Waals surface area contributed by atoms with Gasteiger partial charge >= 0.3 is 17.6 Å². The first kappa shape index (κ1) is 19.4. The van der Waals surface area contributed by atoms with Gasteiger partial charge in [-0.1, -0.05) is 11.6 Å². The highest BCUT2D eigenvalue weighted by molar-refractivity contribution is 6.30. The van der Waals surface area contributed by atoms with Crippen LogP contribution in [0.15, 0.2) is 42.5 Å². The van der Waals surface area contributed by atoms with Crippen LogP contribution in [-0.4, -0.2) is 31.1 Å². The summed E-state index contributed by atoms with van der Waals surface area (Å²) < 4.78 is 15.4.